The average molecular weight is 252 g/mol. The first-order valence-electron chi connectivity index (χ1n) is 7.35. The summed E-state index contributed by atoms with van der Waals surface area (Å²) in [6, 6.07) is 13.7. The van der Waals surface area contributed by atoms with Crippen molar-refractivity contribution in [1.82, 2.24) is 0 Å². The fraction of sp³-hybridized carbons (Fsp3) is 0.368. The summed E-state index contributed by atoms with van der Waals surface area (Å²) in [5.74, 6) is 0. The second-order valence-corrected chi connectivity index (χ2v) is 5.39. The molecule has 0 aliphatic carbocycles. The Morgan fingerprint density at radius 3 is 2.26 bits per heavy atom. The zero-order chi connectivity index (χ0) is 13.8. The highest BCUT2D eigenvalue weighted by Gasteiger charge is 2.05. The zero-order valence-corrected chi connectivity index (χ0v) is 12.6. The van der Waals surface area contributed by atoms with Gasteiger partial charge in [-0.1, -0.05) is 56.7 Å². The van der Waals surface area contributed by atoms with E-state index >= 15 is 0 Å². The molecule has 0 atom stereocenters. The van der Waals surface area contributed by atoms with Crippen LogP contribution in [0.25, 0.3) is 11.1 Å². The Balaban J connectivity index is 2.49. The van der Waals surface area contributed by atoms with Crippen molar-refractivity contribution in [3.05, 3.63) is 58.7 Å². The van der Waals surface area contributed by atoms with Crippen LogP contribution >= 0.6 is 0 Å². The molecule has 0 N–H and O–H groups in total. The van der Waals surface area contributed by atoms with Gasteiger partial charge in [-0.25, -0.2) is 0 Å². The van der Waals surface area contributed by atoms with Gasteiger partial charge in [0.1, 0.15) is 0 Å². The highest BCUT2D eigenvalue weighted by Crippen LogP contribution is 2.27. The van der Waals surface area contributed by atoms with Gasteiger partial charge in [0.2, 0.25) is 0 Å². The van der Waals surface area contributed by atoms with Crippen LogP contribution in [0, 0.1) is 13.8 Å². The number of hydrogen-bond acceptors (Lipinski definition) is 0. The minimum absolute atomic E-state index is 1.10. The highest BCUT2D eigenvalue weighted by molar-refractivity contribution is 5.69. The van der Waals surface area contributed by atoms with Crippen molar-refractivity contribution in [1.29, 1.82) is 0 Å². The summed E-state index contributed by atoms with van der Waals surface area (Å²) >= 11 is 0. The van der Waals surface area contributed by atoms with E-state index < -0.39 is 0 Å². The molecule has 2 aromatic carbocycles. The van der Waals surface area contributed by atoms with Crippen molar-refractivity contribution in [3.63, 3.8) is 0 Å². The maximum Gasteiger partial charge on any atom is -0.0152 e. The monoisotopic (exact) mass is 252 g/mol. The Kier molecular flexibility index (Phi) is 4.42. The van der Waals surface area contributed by atoms with E-state index in [1.54, 1.807) is 0 Å². The average Bonchev–Trinajstić information content (AvgIpc) is 2.42. The van der Waals surface area contributed by atoms with Gasteiger partial charge in [0.25, 0.3) is 0 Å². The summed E-state index contributed by atoms with van der Waals surface area (Å²) in [6.07, 6.45) is 3.48. The van der Waals surface area contributed by atoms with E-state index in [0.29, 0.717) is 0 Å². The molecule has 19 heavy (non-hydrogen) atoms. The third-order valence-electron chi connectivity index (χ3n) is 3.89. The molecule has 0 aromatic heterocycles. The third-order valence-corrected chi connectivity index (χ3v) is 3.89. The molecule has 2 aromatic rings. The first kappa shape index (κ1) is 13.9. The standard InChI is InChI=1S/C19H24/c1-5-7-17-13-18(11-9-14(17)3)19-12-16(6-2)10-8-15(19)4/h8-13H,5-7H2,1-4H3. The van der Waals surface area contributed by atoms with E-state index in [-0.39, 0.29) is 0 Å². The van der Waals surface area contributed by atoms with E-state index in [0.717, 1.165) is 6.42 Å². The van der Waals surface area contributed by atoms with Crippen LogP contribution < -0.4 is 0 Å². The Morgan fingerprint density at radius 2 is 1.58 bits per heavy atom. The van der Waals surface area contributed by atoms with Gasteiger partial charge in [0.05, 0.1) is 0 Å². The second-order valence-electron chi connectivity index (χ2n) is 5.39. The Labute approximate surface area is 117 Å². The maximum atomic E-state index is 2.38. The lowest BCUT2D eigenvalue weighted by Crippen LogP contribution is -1.92. The number of rotatable bonds is 4. The third kappa shape index (κ3) is 3.07. The Bertz CT molecular complexity index is 564. The van der Waals surface area contributed by atoms with Gasteiger partial charge in [-0.15, -0.1) is 0 Å². The zero-order valence-electron chi connectivity index (χ0n) is 12.6. The van der Waals surface area contributed by atoms with Crippen LogP contribution in [0.2, 0.25) is 0 Å². The quantitative estimate of drug-likeness (QED) is 0.675. The van der Waals surface area contributed by atoms with E-state index in [2.05, 4.69) is 64.1 Å². The van der Waals surface area contributed by atoms with Crippen LogP contribution in [-0.2, 0) is 12.8 Å². The molecule has 0 heteroatoms. The molecule has 0 bridgehead atoms. The molecule has 0 fully saturated rings. The highest BCUT2D eigenvalue weighted by atomic mass is 14.1. The molecule has 0 heterocycles. The summed E-state index contributed by atoms with van der Waals surface area (Å²) in [5, 5.41) is 0. The van der Waals surface area contributed by atoms with Crippen molar-refractivity contribution in [2.45, 2.75) is 47.0 Å². The lowest BCUT2D eigenvalue weighted by molar-refractivity contribution is 0.913. The van der Waals surface area contributed by atoms with E-state index in [9.17, 15) is 0 Å². The molecule has 0 radical (unpaired) electrons. The predicted octanol–water partition coefficient (Wildman–Crippen LogP) is 5.49. The fourth-order valence-electron chi connectivity index (χ4n) is 2.58. The number of hydrogen-bond donors (Lipinski definition) is 0. The van der Waals surface area contributed by atoms with Crippen molar-refractivity contribution in [2.24, 2.45) is 0 Å². The molecule has 0 saturated heterocycles. The normalized spacial score (nSPS) is 10.7. The SMILES string of the molecule is CCCc1cc(-c2cc(CC)ccc2C)ccc1C. The first-order valence-corrected chi connectivity index (χ1v) is 7.35. The van der Waals surface area contributed by atoms with Crippen LogP contribution in [0.1, 0.15) is 42.5 Å². The van der Waals surface area contributed by atoms with Gasteiger partial charge < -0.3 is 0 Å². The van der Waals surface area contributed by atoms with Crippen molar-refractivity contribution in [2.75, 3.05) is 0 Å². The molecular weight excluding hydrogens is 228 g/mol. The largest absolute Gasteiger partial charge is 0.0651 e. The molecule has 2 rings (SSSR count). The van der Waals surface area contributed by atoms with Crippen LogP contribution in [0.3, 0.4) is 0 Å². The van der Waals surface area contributed by atoms with Gasteiger partial charge in [-0.05, 0) is 60.1 Å². The lowest BCUT2D eigenvalue weighted by atomic mass is 9.93. The van der Waals surface area contributed by atoms with Crippen LogP contribution in [-0.4, -0.2) is 0 Å². The topological polar surface area (TPSA) is 0 Å². The minimum atomic E-state index is 1.10. The lowest BCUT2D eigenvalue weighted by Gasteiger charge is -2.12. The molecular formula is C19H24. The van der Waals surface area contributed by atoms with Gasteiger partial charge >= 0.3 is 0 Å². The summed E-state index contributed by atoms with van der Waals surface area (Å²) < 4.78 is 0. The van der Waals surface area contributed by atoms with Crippen molar-refractivity contribution < 1.29 is 0 Å². The second kappa shape index (κ2) is 6.06. The van der Waals surface area contributed by atoms with Gasteiger partial charge in [-0.3, -0.25) is 0 Å². The maximum absolute atomic E-state index is 2.38. The van der Waals surface area contributed by atoms with Crippen LogP contribution in [0.15, 0.2) is 36.4 Å². The molecule has 0 saturated carbocycles. The molecule has 0 amide bonds. The summed E-state index contributed by atoms with van der Waals surface area (Å²) in [7, 11) is 0. The molecule has 0 spiro atoms. The van der Waals surface area contributed by atoms with Gasteiger partial charge in [-0.2, -0.15) is 0 Å². The Morgan fingerprint density at radius 1 is 0.842 bits per heavy atom. The molecule has 0 unspecified atom stereocenters. The van der Waals surface area contributed by atoms with E-state index in [4.69, 9.17) is 0 Å². The minimum Gasteiger partial charge on any atom is -0.0651 e. The van der Waals surface area contributed by atoms with Crippen LogP contribution in [0.5, 0.6) is 0 Å². The first-order chi connectivity index (χ1) is 9.15. The van der Waals surface area contributed by atoms with E-state index in [1.807, 2.05) is 0 Å². The molecule has 0 aliphatic heterocycles. The van der Waals surface area contributed by atoms with Gasteiger partial charge in [0.15, 0.2) is 0 Å². The summed E-state index contributed by atoms with van der Waals surface area (Å²) in [5.41, 5.74) is 8.43. The fourth-order valence-corrected chi connectivity index (χ4v) is 2.58. The Hall–Kier alpha value is -1.56. The summed E-state index contributed by atoms with van der Waals surface area (Å²) in [4.78, 5) is 0. The summed E-state index contributed by atoms with van der Waals surface area (Å²) in [6.45, 7) is 8.87. The number of aryl methyl sites for hydroxylation is 4. The molecule has 0 nitrogen and oxygen atoms in total. The van der Waals surface area contributed by atoms with Crippen LogP contribution in [0.4, 0.5) is 0 Å². The molecule has 100 valence electrons. The smallest absolute Gasteiger partial charge is 0.0152 e. The van der Waals surface area contributed by atoms with Crippen molar-refractivity contribution in [3.8, 4) is 11.1 Å². The number of benzene rings is 2. The van der Waals surface area contributed by atoms with E-state index in [1.165, 1.54) is 46.2 Å². The predicted molar refractivity (Wildman–Crippen MR) is 84.7 cm³/mol. The van der Waals surface area contributed by atoms with Gasteiger partial charge in [0, 0.05) is 0 Å². The molecule has 0 aliphatic rings. The van der Waals surface area contributed by atoms with Crippen molar-refractivity contribution >= 4 is 0 Å².